The molecular formula is C9H6N4O. The van der Waals surface area contributed by atoms with Gasteiger partial charge in [0.1, 0.15) is 0 Å². The van der Waals surface area contributed by atoms with Crippen LogP contribution in [0.3, 0.4) is 0 Å². The Morgan fingerprint density at radius 1 is 1.29 bits per heavy atom. The zero-order valence-corrected chi connectivity index (χ0v) is 7.14. The van der Waals surface area contributed by atoms with Crippen molar-refractivity contribution in [2.75, 3.05) is 0 Å². The molecule has 5 heteroatoms. The van der Waals surface area contributed by atoms with Crippen LogP contribution < -0.4 is 0 Å². The zero-order chi connectivity index (χ0) is 9.38. The second-order valence-corrected chi connectivity index (χ2v) is 2.93. The van der Waals surface area contributed by atoms with Gasteiger partial charge in [0.2, 0.25) is 12.2 Å². The second-order valence-electron chi connectivity index (χ2n) is 2.93. The maximum absolute atomic E-state index is 4.68. The van der Waals surface area contributed by atoms with Gasteiger partial charge in [-0.05, 0) is 18.2 Å². The molecule has 0 fully saturated rings. The molecule has 1 N–H and O–H groups in total. The van der Waals surface area contributed by atoms with Crippen molar-refractivity contribution in [3.63, 3.8) is 0 Å². The molecule has 5 nitrogen and oxygen atoms in total. The van der Waals surface area contributed by atoms with Gasteiger partial charge in [-0.2, -0.15) is 10.1 Å². The lowest BCUT2D eigenvalue weighted by Crippen LogP contribution is -1.79. The van der Waals surface area contributed by atoms with Crippen molar-refractivity contribution in [1.82, 2.24) is 20.3 Å². The highest BCUT2D eigenvalue weighted by Gasteiger charge is 2.04. The lowest BCUT2D eigenvalue weighted by molar-refractivity contribution is 0.419. The topological polar surface area (TPSA) is 67.6 Å². The van der Waals surface area contributed by atoms with Crippen LogP contribution in [0, 0.1) is 0 Å². The largest absolute Gasteiger partial charge is 0.342 e. The molecule has 0 spiro atoms. The maximum Gasteiger partial charge on any atom is 0.214 e. The van der Waals surface area contributed by atoms with E-state index in [9.17, 15) is 0 Å². The molecule has 2 heterocycles. The van der Waals surface area contributed by atoms with Gasteiger partial charge in [-0.3, -0.25) is 5.10 Å². The Kier molecular flexibility index (Phi) is 1.38. The standard InChI is InChI=1S/C9H6N4O/c1-2-8-7(4-11-12-8)3-6(1)9-10-5-14-13-9/h1-5H,(H,11,12). The van der Waals surface area contributed by atoms with Gasteiger partial charge in [0.05, 0.1) is 11.7 Å². The van der Waals surface area contributed by atoms with Crippen LogP contribution in [0.2, 0.25) is 0 Å². The van der Waals surface area contributed by atoms with Crippen molar-refractivity contribution in [2.45, 2.75) is 0 Å². The SMILES string of the molecule is c1nc(-c2ccc3[nH]ncc3c2)no1. The average molecular weight is 186 g/mol. The first-order valence-corrected chi connectivity index (χ1v) is 4.13. The van der Waals surface area contributed by atoms with Crippen molar-refractivity contribution in [3.8, 4) is 11.4 Å². The highest BCUT2D eigenvalue weighted by molar-refractivity contribution is 5.82. The van der Waals surface area contributed by atoms with Gasteiger partial charge in [-0.15, -0.1) is 0 Å². The number of H-pyrrole nitrogens is 1. The van der Waals surface area contributed by atoms with E-state index in [0.717, 1.165) is 16.5 Å². The molecule has 1 aromatic carbocycles. The van der Waals surface area contributed by atoms with Gasteiger partial charge < -0.3 is 4.52 Å². The Hall–Kier alpha value is -2.17. The van der Waals surface area contributed by atoms with Crippen molar-refractivity contribution in [2.24, 2.45) is 0 Å². The second kappa shape index (κ2) is 2.66. The average Bonchev–Trinajstić information content (AvgIpc) is 2.88. The fraction of sp³-hybridized carbons (Fsp3) is 0. The van der Waals surface area contributed by atoms with E-state index in [1.165, 1.54) is 6.39 Å². The summed E-state index contributed by atoms with van der Waals surface area (Å²) in [5.74, 6) is 0.591. The summed E-state index contributed by atoms with van der Waals surface area (Å²) >= 11 is 0. The van der Waals surface area contributed by atoms with Crippen molar-refractivity contribution in [1.29, 1.82) is 0 Å². The fourth-order valence-corrected chi connectivity index (χ4v) is 1.38. The first kappa shape index (κ1) is 7.25. The van der Waals surface area contributed by atoms with E-state index in [1.54, 1.807) is 6.20 Å². The summed E-state index contributed by atoms with van der Waals surface area (Å²) in [6.07, 6.45) is 3.08. The highest BCUT2D eigenvalue weighted by atomic mass is 16.5. The van der Waals surface area contributed by atoms with E-state index in [2.05, 4.69) is 24.9 Å². The molecule has 0 saturated carbocycles. The Bertz CT molecular complexity index is 555. The lowest BCUT2D eigenvalue weighted by atomic mass is 10.1. The predicted molar refractivity (Wildman–Crippen MR) is 49.4 cm³/mol. The summed E-state index contributed by atoms with van der Waals surface area (Å²) in [6.45, 7) is 0. The number of benzene rings is 1. The van der Waals surface area contributed by atoms with Crippen LogP contribution in [-0.4, -0.2) is 20.3 Å². The van der Waals surface area contributed by atoms with Crippen LogP contribution in [-0.2, 0) is 0 Å². The molecule has 2 aromatic heterocycles. The summed E-state index contributed by atoms with van der Waals surface area (Å²) in [6, 6.07) is 5.82. The Morgan fingerprint density at radius 2 is 2.29 bits per heavy atom. The number of nitrogens with one attached hydrogen (secondary N) is 1. The molecule has 14 heavy (non-hydrogen) atoms. The van der Waals surface area contributed by atoms with Crippen molar-refractivity contribution < 1.29 is 4.52 Å². The summed E-state index contributed by atoms with van der Waals surface area (Å²) in [5.41, 5.74) is 1.92. The molecule has 0 amide bonds. The minimum atomic E-state index is 0.591. The van der Waals surface area contributed by atoms with Gasteiger partial charge >= 0.3 is 0 Å². The normalized spacial score (nSPS) is 10.9. The number of aromatic amines is 1. The molecule has 3 rings (SSSR count). The summed E-state index contributed by atoms with van der Waals surface area (Å²) in [4.78, 5) is 3.97. The van der Waals surface area contributed by atoms with Crippen LogP contribution >= 0.6 is 0 Å². The van der Waals surface area contributed by atoms with Gasteiger partial charge in [-0.25, -0.2) is 0 Å². The van der Waals surface area contributed by atoms with Crippen LogP contribution in [0.1, 0.15) is 0 Å². The fourth-order valence-electron chi connectivity index (χ4n) is 1.38. The van der Waals surface area contributed by atoms with E-state index < -0.39 is 0 Å². The van der Waals surface area contributed by atoms with Gasteiger partial charge in [0.25, 0.3) is 0 Å². The van der Waals surface area contributed by atoms with Crippen LogP contribution in [0.15, 0.2) is 35.3 Å². The van der Waals surface area contributed by atoms with Crippen molar-refractivity contribution >= 4 is 10.9 Å². The lowest BCUT2D eigenvalue weighted by Gasteiger charge is -1.93. The predicted octanol–water partition coefficient (Wildman–Crippen LogP) is 1.61. The third kappa shape index (κ3) is 0.990. The first-order valence-electron chi connectivity index (χ1n) is 4.13. The van der Waals surface area contributed by atoms with Gasteiger partial charge in [0, 0.05) is 10.9 Å². The minimum absolute atomic E-state index is 0.591. The molecule has 68 valence electrons. The quantitative estimate of drug-likeness (QED) is 0.626. The number of fused-ring (bicyclic) bond motifs is 1. The summed E-state index contributed by atoms with van der Waals surface area (Å²) in [5, 5.41) is 11.6. The molecule has 0 aliphatic heterocycles. The molecule has 0 unspecified atom stereocenters. The number of hydrogen-bond acceptors (Lipinski definition) is 4. The monoisotopic (exact) mass is 186 g/mol. The molecular weight excluding hydrogens is 180 g/mol. The molecule has 0 atom stereocenters. The zero-order valence-electron chi connectivity index (χ0n) is 7.14. The van der Waals surface area contributed by atoms with E-state index in [1.807, 2.05) is 18.2 Å². The van der Waals surface area contributed by atoms with E-state index >= 15 is 0 Å². The Labute approximate surface area is 78.8 Å². The van der Waals surface area contributed by atoms with E-state index in [-0.39, 0.29) is 0 Å². The smallest absolute Gasteiger partial charge is 0.214 e. The summed E-state index contributed by atoms with van der Waals surface area (Å²) in [7, 11) is 0. The number of rotatable bonds is 1. The van der Waals surface area contributed by atoms with Crippen LogP contribution in [0.5, 0.6) is 0 Å². The van der Waals surface area contributed by atoms with E-state index in [4.69, 9.17) is 0 Å². The van der Waals surface area contributed by atoms with E-state index in [0.29, 0.717) is 5.82 Å². The molecule has 0 radical (unpaired) electrons. The number of aromatic nitrogens is 4. The molecule has 0 saturated heterocycles. The molecule has 0 bridgehead atoms. The number of nitrogens with zero attached hydrogens (tertiary/aromatic N) is 3. The third-order valence-electron chi connectivity index (χ3n) is 2.06. The number of hydrogen-bond donors (Lipinski definition) is 1. The maximum atomic E-state index is 4.68. The summed E-state index contributed by atoms with van der Waals surface area (Å²) < 4.78 is 4.68. The van der Waals surface area contributed by atoms with Crippen molar-refractivity contribution in [3.05, 3.63) is 30.8 Å². The molecule has 0 aliphatic carbocycles. The van der Waals surface area contributed by atoms with Gasteiger partial charge in [0.15, 0.2) is 0 Å². The van der Waals surface area contributed by atoms with Gasteiger partial charge in [-0.1, -0.05) is 5.16 Å². The molecule has 3 aromatic rings. The molecule has 0 aliphatic rings. The minimum Gasteiger partial charge on any atom is -0.342 e. The first-order chi connectivity index (χ1) is 6.93. The Morgan fingerprint density at radius 3 is 3.14 bits per heavy atom. The van der Waals surface area contributed by atoms with Crippen LogP contribution in [0.25, 0.3) is 22.3 Å². The van der Waals surface area contributed by atoms with Crippen LogP contribution in [0.4, 0.5) is 0 Å². The highest BCUT2D eigenvalue weighted by Crippen LogP contribution is 2.19. The third-order valence-corrected chi connectivity index (χ3v) is 2.06. The Balaban J connectivity index is 2.23.